The number of benzene rings is 1. The summed E-state index contributed by atoms with van der Waals surface area (Å²) in [5, 5.41) is -0.0150. The highest BCUT2D eigenvalue weighted by atomic mass is 79.9. The molecule has 0 spiro atoms. The zero-order valence-electron chi connectivity index (χ0n) is 24.5. The summed E-state index contributed by atoms with van der Waals surface area (Å²) in [5.74, 6) is -0.400. The van der Waals surface area contributed by atoms with Crippen LogP contribution < -0.4 is 4.74 Å². The van der Waals surface area contributed by atoms with Crippen molar-refractivity contribution in [1.29, 1.82) is 0 Å². The second kappa shape index (κ2) is 11.6. The Balaban J connectivity index is 2.51. The van der Waals surface area contributed by atoms with Crippen molar-refractivity contribution >= 4 is 44.5 Å². The van der Waals surface area contributed by atoms with Crippen molar-refractivity contribution in [1.82, 2.24) is 0 Å². The molecule has 210 valence electrons. The highest BCUT2D eigenvalue weighted by Gasteiger charge is 2.53. The Hall–Kier alpha value is -1.05. The highest BCUT2D eigenvalue weighted by Crippen LogP contribution is 2.45. The summed E-state index contributed by atoms with van der Waals surface area (Å²) in [6, 6.07) is 5.36. The van der Waals surface area contributed by atoms with Crippen LogP contribution in [-0.2, 0) is 27.9 Å². The minimum Gasteiger partial charge on any atom is -0.457 e. The van der Waals surface area contributed by atoms with Gasteiger partial charge in [-0.15, -0.1) is 0 Å². The molecular formula is C27H45BrO7Si2. The van der Waals surface area contributed by atoms with E-state index in [-0.39, 0.29) is 10.1 Å². The lowest BCUT2D eigenvalue weighted by Gasteiger charge is -2.41. The molecule has 0 unspecified atom stereocenters. The Morgan fingerprint density at radius 3 is 1.95 bits per heavy atom. The number of rotatable bonds is 8. The Bertz CT molecular complexity index is 982. The van der Waals surface area contributed by atoms with Crippen molar-refractivity contribution in [2.24, 2.45) is 0 Å². The van der Waals surface area contributed by atoms with E-state index in [1.54, 1.807) is 6.07 Å². The third kappa shape index (κ3) is 7.98. The van der Waals surface area contributed by atoms with Crippen LogP contribution in [0.4, 0.5) is 0 Å². The fourth-order valence-electron chi connectivity index (χ4n) is 3.55. The first-order valence-electron chi connectivity index (χ1n) is 12.8. The molecule has 0 aromatic heterocycles. The van der Waals surface area contributed by atoms with Crippen molar-refractivity contribution < 1.29 is 32.7 Å². The van der Waals surface area contributed by atoms with Crippen LogP contribution in [0.5, 0.6) is 5.75 Å². The fraction of sp³-hybridized carbons (Fsp3) is 0.704. The van der Waals surface area contributed by atoms with Crippen LogP contribution in [0.25, 0.3) is 0 Å². The Morgan fingerprint density at radius 1 is 0.919 bits per heavy atom. The first-order chi connectivity index (χ1) is 16.7. The summed E-state index contributed by atoms with van der Waals surface area (Å²) in [4.78, 5) is 23.7. The molecule has 1 aliphatic heterocycles. The molecule has 1 fully saturated rings. The summed E-state index contributed by atoms with van der Waals surface area (Å²) in [7, 11) is -4.34. The largest absolute Gasteiger partial charge is 0.457 e. The van der Waals surface area contributed by atoms with Gasteiger partial charge in [0.1, 0.15) is 24.1 Å². The van der Waals surface area contributed by atoms with Gasteiger partial charge in [-0.1, -0.05) is 47.6 Å². The molecule has 10 heteroatoms. The van der Waals surface area contributed by atoms with Gasteiger partial charge in [-0.3, -0.25) is 9.59 Å². The predicted octanol–water partition coefficient (Wildman–Crippen LogP) is 7.16. The molecule has 1 aromatic carbocycles. The minimum absolute atomic E-state index is 0.0352. The minimum atomic E-state index is -2.27. The molecule has 1 aromatic rings. The van der Waals surface area contributed by atoms with Gasteiger partial charge in [0.15, 0.2) is 22.7 Å². The van der Waals surface area contributed by atoms with E-state index in [1.807, 2.05) is 12.1 Å². The van der Waals surface area contributed by atoms with E-state index < -0.39 is 53.0 Å². The second-order valence-electron chi connectivity index (χ2n) is 12.9. The number of carbonyl (C=O) groups excluding carboxylic acids is 2. The zero-order chi connectivity index (χ0) is 28.6. The summed E-state index contributed by atoms with van der Waals surface area (Å²) >= 11 is 3.49. The fourth-order valence-corrected chi connectivity index (χ4v) is 6.36. The van der Waals surface area contributed by atoms with E-state index in [1.165, 1.54) is 13.8 Å². The van der Waals surface area contributed by atoms with Crippen LogP contribution in [-0.4, -0.2) is 53.5 Å². The Labute approximate surface area is 233 Å². The molecular weight excluding hydrogens is 572 g/mol. The zero-order valence-corrected chi connectivity index (χ0v) is 28.1. The van der Waals surface area contributed by atoms with Crippen LogP contribution in [0.15, 0.2) is 22.7 Å². The van der Waals surface area contributed by atoms with E-state index in [0.717, 1.165) is 5.56 Å². The third-order valence-electron chi connectivity index (χ3n) is 7.80. The molecule has 37 heavy (non-hydrogen) atoms. The number of hydrogen-bond acceptors (Lipinski definition) is 7. The van der Waals surface area contributed by atoms with Gasteiger partial charge in [0.05, 0.1) is 11.1 Å². The number of halogens is 1. The lowest BCUT2D eigenvalue weighted by molar-refractivity contribution is -0.152. The van der Waals surface area contributed by atoms with Crippen LogP contribution >= 0.6 is 15.9 Å². The van der Waals surface area contributed by atoms with Gasteiger partial charge in [-0.25, -0.2) is 0 Å². The molecule has 0 radical (unpaired) electrons. The van der Waals surface area contributed by atoms with Crippen molar-refractivity contribution in [3.8, 4) is 5.75 Å². The molecule has 2 rings (SSSR count). The Kier molecular flexibility index (Phi) is 10.1. The third-order valence-corrected chi connectivity index (χ3v) is 17.4. The van der Waals surface area contributed by atoms with E-state index >= 15 is 0 Å². The lowest BCUT2D eigenvalue weighted by atomic mass is 10.0. The van der Waals surface area contributed by atoms with Gasteiger partial charge in [-0.05, 0) is 69.9 Å². The van der Waals surface area contributed by atoms with E-state index in [9.17, 15) is 9.59 Å². The quantitative estimate of drug-likeness (QED) is 0.174. The van der Waals surface area contributed by atoms with Crippen LogP contribution in [0.1, 0.15) is 67.1 Å². The van der Waals surface area contributed by atoms with Gasteiger partial charge >= 0.3 is 11.9 Å². The number of esters is 2. The van der Waals surface area contributed by atoms with Crippen LogP contribution in [0, 0.1) is 0 Å². The monoisotopic (exact) mass is 616 g/mol. The SMILES string of the molecule is CC(=O)Oc1ccc([C@H]2O[C@H](CO[Si](C)(C)C(C)(C)C)[C@@H](O[Si](C)(C)C(C)(C)C)[C@@H]2OC(C)=O)cc1Br. The van der Waals surface area contributed by atoms with Crippen molar-refractivity contribution in [2.75, 3.05) is 6.61 Å². The molecule has 0 amide bonds. The van der Waals surface area contributed by atoms with Gasteiger partial charge in [0.25, 0.3) is 0 Å². The number of carbonyl (C=O) groups is 2. The summed E-state index contributed by atoms with van der Waals surface area (Å²) in [6.45, 7) is 25.0. The molecule has 0 bridgehead atoms. The average Bonchev–Trinajstić information content (AvgIpc) is 3.02. The topological polar surface area (TPSA) is 80.3 Å². The smallest absolute Gasteiger partial charge is 0.308 e. The first-order valence-corrected chi connectivity index (χ1v) is 19.4. The van der Waals surface area contributed by atoms with Gasteiger partial charge < -0.3 is 23.1 Å². The molecule has 4 atom stereocenters. The van der Waals surface area contributed by atoms with Crippen LogP contribution in [0.3, 0.4) is 0 Å². The van der Waals surface area contributed by atoms with Crippen molar-refractivity contribution in [3.05, 3.63) is 28.2 Å². The summed E-state index contributed by atoms with van der Waals surface area (Å²) in [5.41, 5.74) is 0.785. The molecule has 0 N–H and O–H groups in total. The summed E-state index contributed by atoms with van der Waals surface area (Å²) < 4.78 is 31.8. The molecule has 7 nitrogen and oxygen atoms in total. The first kappa shape index (κ1) is 32.2. The molecule has 1 saturated heterocycles. The van der Waals surface area contributed by atoms with E-state index in [0.29, 0.717) is 16.8 Å². The molecule has 0 saturated carbocycles. The summed E-state index contributed by atoms with van der Waals surface area (Å²) in [6.07, 6.45) is -2.16. The van der Waals surface area contributed by atoms with E-state index in [2.05, 4.69) is 83.7 Å². The van der Waals surface area contributed by atoms with E-state index in [4.69, 9.17) is 23.1 Å². The lowest BCUT2D eigenvalue weighted by Crippen LogP contribution is -2.51. The predicted molar refractivity (Wildman–Crippen MR) is 154 cm³/mol. The molecule has 0 aliphatic carbocycles. The normalized spacial score (nSPS) is 23.2. The van der Waals surface area contributed by atoms with Crippen molar-refractivity contribution in [2.45, 2.75) is 116 Å². The maximum atomic E-state index is 12.3. The second-order valence-corrected chi connectivity index (χ2v) is 23.3. The average molecular weight is 618 g/mol. The maximum Gasteiger partial charge on any atom is 0.308 e. The van der Waals surface area contributed by atoms with Gasteiger partial charge in [0, 0.05) is 13.8 Å². The maximum absolute atomic E-state index is 12.3. The highest BCUT2D eigenvalue weighted by molar-refractivity contribution is 9.10. The van der Waals surface area contributed by atoms with Crippen molar-refractivity contribution in [3.63, 3.8) is 0 Å². The Morgan fingerprint density at radius 2 is 1.49 bits per heavy atom. The number of hydrogen-bond donors (Lipinski definition) is 0. The molecule has 1 aliphatic rings. The van der Waals surface area contributed by atoms with Crippen LogP contribution in [0.2, 0.25) is 36.3 Å². The standard InChI is InChI=1S/C27H45BrO7Si2/c1-17(29)32-21-14-13-19(15-20(21)28)23-25(33-18(2)30)24(35-37(11,12)27(6,7)8)22(34-23)16-31-36(9,10)26(3,4)5/h13-15,22-25H,16H2,1-12H3/t22-,23-,24-,25-/m1/s1. The van der Waals surface area contributed by atoms with Gasteiger partial charge in [0.2, 0.25) is 0 Å². The molecule has 1 heterocycles. The van der Waals surface area contributed by atoms with Gasteiger partial charge in [-0.2, -0.15) is 0 Å². The number of ether oxygens (including phenoxy) is 3.